The number of phenolic OH excluding ortho intramolecular Hbond substituents is 1. The van der Waals surface area contributed by atoms with Gasteiger partial charge < -0.3 is 14.8 Å². The number of carbonyl (C=O) groups is 1. The monoisotopic (exact) mass is 380 g/mol. The Kier molecular flexibility index (Phi) is 6.02. The normalized spacial score (nSPS) is 11.3. The van der Waals surface area contributed by atoms with Gasteiger partial charge in [0.1, 0.15) is 11.3 Å². The first-order valence-electron chi connectivity index (χ1n) is 9.93. The van der Waals surface area contributed by atoms with Crippen LogP contribution in [0.15, 0.2) is 34.7 Å². The van der Waals surface area contributed by atoms with Gasteiger partial charge in [-0.2, -0.15) is 0 Å². The van der Waals surface area contributed by atoms with E-state index in [1.807, 2.05) is 18.2 Å². The van der Waals surface area contributed by atoms with Crippen LogP contribution in [-0.2, 0) is 4.79 Å². The summed E-state index contributed by atoms with van der Waals surface area (Å²) in [6.45, 7) is 8.16. The van der Waals surface area contributed by atoms with Gasteiger partial charge in [0.15, 0.2) is 5.58 Å². The van der Waals surface area contributed by atoms with E-state index in [-0.39, 0.29) is 11.7 Å². The summed E-state index contributed by atoms with van der Waals surface area (Å²) in [6, 6.07) is 9.42. The number of fused-ring (bicyclic) bond motifs is 1. The maximum Gasteiger partial charge on any atom is 0.231 e. The summed E-state index contributed by atoms with van der Waals surface area (Å²) in [5.41, 5.74) is 4.38. The molecule has 0 aliphatic rings. The highest BCUT2D eigenvalue weighted by molar-refractivity contribution is 5.92. The Morgan fingerprint density at radius 1 is 1.21 bits per heavy atom. The molecule has 5 heteroatoms. The van der Waals surface area contributed by atoms with Crippen LogP contribution in [0, 0.1) is 6.92 Å². The summed E-state index contributed by atoms with van der Waals surface area (Å²) in [4.78, 5) is 16.7. The molecular weight excluding hydrogens is 352 g/mol. The average Bonchev–Trinajstić information content (AvgIpc) is 3.07. The average molecular weight is 380 g/mol. The van der Waals surface area contributed by atoms with Crippen LogP contribution >= 0.6 is 0 Å². The number of aromatic nitrogens is 1. The Balaban J connectivity index is 1.92. The van der Waals surface area contributed by atoms with E-state index in [2.05, 4.69) is 31.1 Å². The Morgan fingerprint density at radius 3 is 2.71 bits per heavy atom. The molecule has 0 unspecified atom stereocenters. The van der Waals surface area contributed by atoms with Crippen molar-refractivity contribution in [2.24, 2.45) is 0 Å². The predicted molar refractivity (Wildman–Crippen MR) is 113 cm³/mol. The maximum atomic E-state index is 12.2. The molecule has 0 fully saturated rings. The zero-order valence-corrected chi connectivity index (χ0v) is 17.0. The smallest absolute Gasteiger partial charge is 0.231 e. The number of hydrogen-bond donors (Lipinski definition) is 2. The molecule has 0 aliphatic heterocycles. The lowest BCUT2D eigenvalue weighted by Crippen LogP contribution is -2.11. The molecule has 2 N–H and O–H groups in total. The lowest BCUT2D eigenvalue weighted by Gasteiger charge is -2.10. The van der Waals surface area contributed by atoms with Crippen molar-refractivity contribution in [3.8, 4) is 17.2 Å². The molecule has 0 spiro atoms. The third-order valence-electron chi connectivity index (χ3n) is 4.90. The van der Waals surface area contributed by atoms with Gasteiger partial charge in [0, 0.05) is 12.1 Å². The van der Waals surface area contributed by atoms with E-state index in [1.54, 1.807) is 19.1 Å². The van der Waals surface area contributed by atoms with Crippen LogP contribution in [0.3, 0.4) is 0 Å². The molecule has 5 nitrogen and oxygen atoms in total. The first-order chi connectivity index (χ1) is 13.4. The van der Waals surface area contributed by atoms with E-state index < -0.39 is 0 Å². The van der Waals surface area contributed by atoms with Gasteiger partial charge in [-0.3, -0.25) is 4.79 Å². The topological polar surface area (TPSA) is 75.4 Å². The highest BCUT2D eigenvalue weighted by Crippen LogP contribution is 2.36. The Morgan fingerprint density at radius 2 is 2.00 bits per heavy atom. The van der Waals surface area contributed by atoms with Crippen LogP contribution in [0.5, 0.6) is 5.75 Å². The van der Waals surface area contributed by atoms with E-state index in [9.17, 15) is 9.90 Å². The largest absolute Gasteiger partial charge is 0.507 e. The number of hydrogen-bond acceptors (Lipinski definition) is 4. The van der Waals surface area contributed by atoms with Gasteiger partial charge in [-0.25, -0.2) is 4.98 Å². The molecule has 2 aromatic carbocycles. The zero-order valence-electron chi connectivity index (χ0n) is 17.0. The van der Waals surface area contributed by atoms with Crippen molar-refractivity contribution in [3.05, 3.63) is 41.5 Å². The van der Waals surface area contributed by atoms with Gasteiger partial charge in [0.05, 0.1) is 5.56 Å². The van der Waals surface area contributed by atoms with Crippen LogP contribution in [0.1, 0.15) is 63.5 Å². The van der Waals surface area contributed by atoms with Crippen molar-refractivity contribution in [2.45, 2.75) is 59.3 Å². The molecule has 3 aromatic rings. The first-order valence-corrected chi connectivity index (χ1v) is 9.93. The molecule has 3 rings (SSSR count). The van der Waals surface area contributed by atoms with Gasteiger partial charge in [0.25, 0.3) is 0 Å². The number of amides is 1. The summed E-state index contributed by atoms with van der Waals surface area (Å²) >= 11 is 0. The zero-order chi connectivity index (χ0) is 20.3. The quantitative estimate of drug-likeness (QED) is 0.381. The number of carbonyl (C=O) groups excluding carboxylic acids is 1. The van der Waals surface area contributed by atoms with E-state index in [0.29, 0.717) is 40.6 Å². The minimum atomic E-state index is -0.0244. The van der Waals surface area contributed by atoms with E-state index in [1.165, 1.54) is 5.56 Å². The SMILES string of the molecule is CCCCCC(=O)Nc1cc(C)c(O)c(-c2nc3cc(C(C)C)ccc3o2)c1. The molecule has 0 atom stereocenters. The summed E-state index contributed by atoms with van der Waals surface area (Å²) in [7, 11) is 0. The third-order valence-corrected chi connectivity index (χ3v) is 4.90. The summed E-state index contributed by atoms with van der Waals surface area (Å²) < 4.78 is 5.88. The van der Waals surface area contributed by atoms with Crippen molar-refractivity contribution in [3.63, 3.8) is 0 Å². The second-order valence-electron chi connectivity index (χ2n) is 7.60. The Bertz CT molecular complexity index is 989. The molecular formula is C23H28N2O3. The van der Waals surface area contributed by atoms with Gasteiger partial charge >= 0.3 is 0 Å². The van der Waals surface area contributed by atoms with E-state index in [0.717, 1.165) is 24.8 Å². The molecule has 1 amide bonds. The molecule has 0 saturated heterocycles. The molecule has 0 saturated carbocycles. The van der Waals surface area contributed by atoms with Crippen LogP contribution in [0.4, 0.5) is 5.69 Å². The molecule has 1 aromatic heterocycles. The second kappa shape index (κ2) is 8.46. The summed E-state index contributed by atoms with van der Waals surface area (Å²) in [5, 5.41) is 13.5. The lowest BCUT2D eigenvalue weighted by molar-refractivity contribution is -0.116. The van der Waals surface area contributed by atoms with Crippen molar-refractivity contribution in [1.82, 2.24) is 4.98 Å². The van der Waals surface area contributed by atoms with E-state index in [4.69, 9.17) is 4.42 Å². The highest BCUT2D eigenvalue weighted by atomic mass is 16.3. The van der Waals surface area contributed by atoms with Crippen molar-refractivity contribution in [2.75, 3.05) is 5.32 Å². The molecule has 1 heterocycles. The molecule has 0 bridgehead atoms. The van der Waals surface area contributed by atoms with Crippen LogP contribution < -0.4 is 5.32 Å². The van der Waals surface area contributed by atoms with Crippen molar-refractivity contribution in [1.29, 1.82) is 0 Å². The standard InChI is InChI=1S/C23H28N2O3/c1-5-6-7-8-21(26)24-17-11-15(4)22(27)18(13-17)23-25-19-12-16(14(2)3)9-10-20(19)28-23/h9-14,27H,5-8H2,1-4H3,(H,24,26). The van der Waals surface area contributed by atoms with Crippen LogP contribution in [0.2, 0.25) is 0 Å². The number of benzene rings is 2. The fourth-order valence-corrected chi connectivity index (χ4v) is 3.19. The summed E-state index contributed by atoms with van der Waals surface area (Å²) in [6.07, 6.45) is 3.47. The minimum Gasteiger partial charge on any atom is -0.507 e. The predicted octanol–water partition coefficient (Wildman–Crippen LogP) is 6.15. The number of anilines is 1. The van der Waals surface area contributed by atoms with Gasteiger partial charge in [0.2, 0.25) is 11.8 Å². The lowest BCUT2D eigenvalue weighted by atomic mass is 10.0. The molecule has 0 aliphatic carbocycles. The third kappa shape index (κ3) is 4.35. The van der Waals surface area contributed by atoms with Gasteiger partial charge in [-0.1, -0.05) is 39.7 Å². The fraction of sp³-hybridized carbons (Fsp3) is 0.391. The number of rotatable bonds is 7. The number of aryl methyl sites for hydroxylation is 1. The van der Waals surface area contributed by atoms with E-state index >= 15 is 0 Å². The van der Waals surface area contributed by atoms with Gasteiger partial charge in [-0.15, -0.1) is 0 Å². The maximum absolute atomic E-state index is 12.2. The van der Waals surface area contributed by atoms with Gasteiger partial charge in [-0.05, 0) is 54.7 Å². The number of phenols is 1. The Labute approximate surface area is 165 Å². The van der Waals surface area contributed by atoms with Crippen molar-refractivity contribution >= 4 is 22.7 Å². The number of unbranched alkanes of at least 4 members (excludes halogenated alkanes) is 2. The second-order valence-corrected chi connectivity index (χ2v) is 7.60. The molecule has 0 radical (unpaired) electrons. The summed E-state index contributed by atoms with van der Waals surface area (Å²) in [5.74, 6) is 0.827. The van der Waals surface area contributed by atoms with Crippen LogP contribution in [0.25, 0.3) is 22.6 Å². The van der Waals surface area contributed by atoms with Crippen LogP contribution in [-0.4, -0.2) is 16.0 Å². The van der Waals surface area contributed by atoms with Crippen molar-refractivity contribution < 1.29 is 14.3 Å². The first kappa shape index (κ1) is 19.9. The number of nitrogens with one attached hydrogen (secondary N) is 1. The molecule has 28 heavy (non-hydrogen) atoms. The fourth-order valence-electron chi connectivity index (χ4n) is 3.19. The molecule has 148 valence electrons. The minimum absolute atomic E-state index is 0.0244. The Hall–Kier alpha value is -2.82. The number of nitrogens with zero attached hydrogens (tertiary/aromatic N) is 1. The highest BCUT2D eigenvalue weighted by Gasteiger charge is 2.17. The number of aromatic hydroxyl groups is 1. The number of oxazole rings is 1.